The first-order valence-electron chi connectivity index (χ1n) is 4.58. The summed E-state index contributed by atoms with van der Waals surface area (Å²) >= 11 is 3.41. The molecule has 1 N–H and O–H groups in total. The Morgan fingerprint density at radius 2 is 2.14 bits per heavy atom. The van der Waals surface area contributed by atoms with Crippen molar-refractivity contribution in [1.29, 1.82) is 0 Å². The van der Waals surface area contributed by atoms with E-state index in [0.29, 0.717) is 5.56 Å². The lowest BCUT2D eigenvalue weighted by molar-refractivity contribution is 0.0972. The molecule has 0 aliphatic heterocycles. The third-order valence-corrected chi connectivity index (χ3v) is 4.00. The summed E-state index contributed by atoms with van der Waals surface area (Å²) < 4.78 is -0.497. The SMILES string of the molecule is O=C(c1ccccc1)[C@@]1(Br)C[C@H]1CO. The Labute approximate surface area is 91.1 Å². The maximum absolute atomic E-state index is 11.9. The minimum absolute atomic E-state index is 0.0732. The molecule has 14 heavy (non-hydrogen) atoms. The average molecular weight is 255 g/mol. The Balaban J connectivity index is 2.19. The van der Waals surface area contributed by atoms with E-state index in [-0.39, 0.29) is 18.3 Å². The highest BCUT2D eigenvalue weighted by atomic mass is 79.9. The predicted octanol–water partition coefficient (Wildman–Crippen LogP) is 2.02. The summed E-state index contributed by atoms with van der Waals surface area (Å²) in [7, 11) is 0. The summed E-state index contributed by atoms with van der Waals surface area (Å²) in [5.41, 5.74) is 0.709. The van der Waals surface area contributed by atoms with E-state index in [2.05, 4.69) is 15.9 Å². The Kier molecular flexibility index (Phi) is 2.45. The number of aliphatic hydroxyl groups excluding tert-OH is 1. The molecule has 74 valence electrons. The van der Waals surface area contributed by atoms with Crippen molar-refractivity contribution >= 4 is 21.7 Å². The van der Waals surface area contributed by atoms with E-state index in [1.807, 2.05) is 18.2 Å². The molecule has 1 fully saturated rings. The zero-order valence-electron chi connectivity index (χ0n) is 7.61. The van der Waals surface area contributed by atoms with Gasteiger partial charge in [-0.2, -0.15) is 0 Å². The first-order chi connectivity index (χ1) is 6.68. The zero-order valence-corrected chi connectivity index (χ0v) is 9.20. The molecule has 1 aromatic carbocycles. The number of ketones is 1. The number of Topliss-reactive ketones (excluding diaryl/α,β-unsaturated/α-hetero) is 1. The van der Waals surface area contributed by atoms with Crippen LogP contribution in [0.3, 0.4) is 0 Å². The van der Waals surface area contributed by atoms with Gasteiger partial charge in [-0.25, -0.2) is 0 Å². The number of alkyl halides is 1. The van der Waals surface area contributed by atoms with Gasteiger partial charge in [0.05, 0.1) is 4.32 Å². The van der Waals surface area contributed by atoms with Gasteiger partial charge in [0.15, 0.2) is 5.78 Å². The molecule has 2 atom stereocenters. The lowest BCUT2D eigenvalue weighted by atomic mass is 10.1. The van der Waals surface area contributed by atoms with Crippen LogP contribution in [0.25, 0.3) is 0 Å². The number of carbonyl (C=O) groups excluding carboxylic acids is 1. The molecule has 1 aliphatic carbocycles. The number of halogens is 1. The predicted molar refractivity (Wildman–Crippen MR) is 57.6 cm³/mol. The molecule has 0 spiro atoms. The van der Waals surface area contributed by atoms with Gasteiger partial charge in [0, 0.05) is 18.1 Å². The highest BCUT2D eigenvalue weighted by molar-refractivity contribution is 9.10. The first kappa shape index (κ1) is 9.87. The Morgan fingerprint density at radius 3 is 2.64 bits per heavy atom. The van der Waals surface area contributed by atoms with Crippen molar-refractivity contribution in [2.45, 2.75) is 10.7 Å². The van der Waals surface area contributed by atoms with Gasteiger partial charge in [-0.1, -0.05) is 46.3 Å². The Morgan fingerprint density at radius 1 is 1.50 bits per heavy atom. The zero-order chi connectivity index (χ0) is 10.2. The van der Waals surface area contributed by atoms with Gasteiger partial charge in [0.2, 0.25) is 0 Å². The standard InChI is InChI=1S/C11H11BrO2/c12-11(6-9(11)7-13)10(14)8-4-2-1-3-5-8/h1-5,9,13H,6-7H2/t9-,11+/m0/s1. The summed E-state index contributed by atoms with van der Waals surface area (Å²) in [5, 5.41) is 8.96. The van der Waals surface area contributed by atoms with Crippen LogP contribution in [0.15, 0.2) is 30.3 Å². The van der Waals surface area contributed by atoms with E-state index in [9.17, 15) is 4.79 Å². The van der Waals surface area contributed by atoms with Crippen LogP contribution in [0.5, 0.6) is 0 Å². The average Bonchev–Trinajstić information content (AvgIpc) is 2.91. The molecule has 0 unspecified atom stereocenters. The van der Waals surface area contributed by atoms with Gasteiger partial charge in [-0.15, -0.1) is 0 Å². The summed E-state index contributed by atoms with van der Waals surface area (Å²) in [4.78, 5) is 11.9. The van der Waals surface area contributed by atoms with Crippen LogP contribution in [0.1, 0.15) is 16.8 Å². The smallest absolute Gasteiger partial charge is 0.179 e. The molecule has 2 nitrogen and oxygen atoms in total. The molecule has 0 heterocycles. The fourth-order valence-electron chi connectivity index (χ4n) is 1.62. The van der Waals surface area contributed by atoms with E-state index in [4.69, 9.17) is 5.11 Å². The Hall–Kier alpha value is -0.670. The molecular weight excluding hydrogens is 244 g/mol. The minimum atomic E-state index is -0.497. The van der Waals surface area contributed by atoms with Gasteiger partial charge in [0.25, 0.3) is 0 Å². The van der Waals surface area contributed by atoms with Crippen LogP contribution >= 0.6 is 15.9 Å². The fraction of sp³-hybridized carbons (Fsp3) is 0.364. The minimum Gasteiger partial charge on any atom is -0.396 e. The van der Waals surface area contributed by atoms with Crippen molar-refractivity contribution < 1.29 is 9.90 Å². The van der Waals surface area contributed by atoms with Crippen molar-refractivity contribution in [1.82, 2.24) is 0 Å². The maximum Gasteiger partial charge on any atom is 0.179 e. The number of hydrogen-bond donors (Lipinski definition) is 1. The number of hydrogen-bond acceptors (Lipinski definition) is 2. The third-order valence-electron chi connectivity index (χ3n) is 2.66. The summed E-state index contributed by atoms with van der Waals surface area (Å²) in [6.45, 7) is 0.0732. The van der Waals surface area contributed by atoms with Crippen LogP contribution in [0.2, 0.25) is 0 Å². The highest BCUT2D eigenvalue weighted by Crippen LogP contribution is 2.52. The monoisotopic (exact) mass is 254 g/mol. The fourth-order valence-corrected chi connectivity index (χ4v) is 2.38. The molecule has 0 amide bonds. The topological polar surface area (TPSA) is 37.3 Å². The second-order valence-corrected chi connectivity index (χ2v) is 5.06. The summed E-state index contributed by atoms with van der Waals surface area (Å²) in [6, 6.07) is 9.18. The van der Waals surface area contributed by atoms with E-state index in [0.717, 1.165) is 6.42 Å². The van der Waals surface area contributed by atoms with Gasteiger partial charge >= 0.3 is 0 Å². The van der Waals surface area contributed by atoms with E-state index < -0.39 is 4.32 Å². The first-order valence-corrected chi connectivity index (χ1v) is 5.37. The van der Waals surface area contributed by atoms with Crippen LogP contribution in [0, 0.1) is 5.92 Å². The maximum atomic E-state index is 11.9. The second kappa shape index (κ2) is 3.48. The summed E-state index contributed by atoms with van der Waals surface area (Å²) in [6.07, 6.45) is 0.733. The van der Waals surface area contributed by atoms with E-state index in [1.165, 1.54) is 0 Å². The van der Waals surface area contributed by atoms with Crippen LogP contribution in [-0.2, 0) is 0 Å². The lowest BCUT2D eigenvalue weighted by Gasteiger charge is -2.06. The van der Waals surface area contributed by atoms with Crippen molar-refractivity contribution in [3.8, 4) is 0 Å². The van der Waals surface area contributed by atoms with Gasteiger partial charge in [0.1, 0.15) is 0 Å². The quantitative estimate of drug-likeness (QED) is 0.662. The highest BCUT2D eigenvalue weighted by Gasteiger charge is 2.57. The summed E-state index contributed by atoms with van der Waals surface area (Å²) in [5.74, 6) is 0.160. The molecule has 0 aromatic heterocycles. The molecular formula is C11H11BrO2. The largest absolute Gasteiger partial charge is 0.396 e. The molecule has 2 rings (SSSR count). The number of benzene rings is 1. The van der Waals surface area contributed by atoms with Gasteiger partial charge in [-0.05, 0) is 6.42 Å². The van der Waals surface area contributed by atoms with Crippen molar-refractivity contribution in [2.75, 3.05) is 6.61 Å². The molecule has 0 saturated heterocycles. The normalized spacial score (nSPS) is 30.0. The van der Waals surface area contributed by atoms with Crippen molar-refractivity contribution in [3.05, 3.63) is 35.9 Å². The van der Waals surface area contributed by atoms with Crippen LogP contribution < -0.4 is 0 Å². The number of rotatable bonds is 3. The Bertz CT molecular complexity index is 350. The van der Waals surface area contributed by atoms with Gasteiger partial charge < -0.3 is 5.11 Å². The molecule has 3 heteroatoms. The van der Waals surface area contributed by atoms with E-state index in [1.54, 1.807) is 12.1 Å². The van der Waals surface area contributed by atoms with Gasteiger partial charge in [-0.3, -0.25) is 4.79 Å². The molecule has 0 radical (unpaired) electrons. The third kappa shape index (κ3) is 1.51. The number of carbonyl (C=O) groups is 1. The van der Waals surface area contributed by atoms with Crippen molar-refractivity contribution in [3.63, 3.8) is 0 Å². The van der Waals surface area contributed by atoms with Crippen LogP contribution in [-0.4, -0.2) is 21.8 Å². The molecule has 0 bridgehead atoms. The molecule has 1 aliphatic rings. The second-order valence-electron chi connectivity index (χ2n) is 3.64. The molecule has 1 saturated carbocycles. The van der Waals surface area contributed by atoms with Crippen molar-refractivity contribution in [2.24, 2.45) is 5.92 Å². The molecule has 1 aromatic rings. The van der Waals surface area contributed by atoms with E-state index >= 15 is 0 Å². The lowest BCUT2D eigenvalue weighted by Crippen LogP contribution is -2.19. The number of aliphatic hydroxyl groups is 1. The van der Waals surface area contributed by atoms with Crippen LogP contribution in [0.4, 0.5) is 0 Å².